The third-order valence-electron chi connectivity index (χ3n) is 6.45. The lowest BCUT2D eigenvalue weighted by Gasteiger charge is -2.12. The molecule has 1 heteroatoms. The second-order valence-corrected chi connectivity index (χ2v) is 8.35. The average molecular weight is 398 g/mol. The maximum atomic E-state index is 2.42. The summed E-state index contributed by atoms with van der Waals surface area (Å²) < 4.78 is 2.42. The minimum Gasteiger partial charge on any atom is -0.309 e. The van der Waals surface area contributed by atoms with Gasteiger partial charge in [-0.1, -0.05) is 72.8 Å². The summed E-state index contributed by atoms with van der Waals surface area (Å²) in [6.45, 7) is 4.43. The first-order chi connectivity index (χ1) is 15.2. The summed E-state index contributed by atoms with van der Waals surface area (Å²) in [5.41, 5.74) is 8.91. The van der Waals surface area contributed by atoms with Crippen LogP contribution in [0.15, 0.2) is 103 Å². The Kier molecular flexibility index (Phi) is 3.97. The molecule has 0 amide bonds. The smallest absolute Gasteiger partial charge is 0.0547 e. The molecule has 0 aliphatic carbocycles. The van der Waals surface area contributed by atoms with Gasteiger partial charge in [0.1, 0.15) is 0 Å². The number of hydrogen-bond donors (Lipinski definition) is 0. The molecule has 0 radical (unpaired) electrons. The van der Waals surface area contributed by atoms with Crippen LogP contribution in [-0.4, -0.2) is 4.57 Å². The Hall–Kier alpha value is -3.84. The fraction of sp³-hybridized carbons (Fsp3) is 0.0667. The second-order valence-electron chi connectivity index (χ2n) is 8.35. The molecule has 0 fully saturated rings. The van der Waals surface area contributed by atoms with E-state index in [-0.39, 0.29) is 0 Å². The molecule has 6 aromatic rings. The number of hydrogen-bond acceptors (Lipinski definition) is 0. The van der Waals surface area contributed by atoms with Crippen molar-refractivity contribution in [3.05, 3.63) is 114 Å². The summed E-state index contributed by atoms with van der Waals surface area (Å²) in [6, 6.07) is 37.4. The predicted molar refractivity (Wildman–Crippen MR) is 133 cm³/mol. The number of nitrogens with zero attached hydrogens (tertiary/aromatic N) is 1. The minimum absolute atomic E-state index is 1.19. The first-order valence-electron chi connectivity index (χ1n) is 10.8. The van der Waals surface area contributed by atoms with E-state index >= 15 is 0 Å². The largest absolute Gasteiger partial charge is 0.309 e. The second kappa shape index (κ2) is 6.85. The number of aromatic nitrogens is 1. The lowest BCUT2D eigenvalue weighted by Crippen LogP contribution is -1.94. The van der Waals surface area contributed by atoms with Crippen LogP contribution in [0.5, 0.6) is 0 Å². The van der Waals surface area contributed by atoms with E-state index in [1.165, 1.54) is 60.5 Å². The minimum atomic E-state index is 1.19. The maximum absolute atomic E-state index is 2.42. The highest BCUT2D eigenvalue weighted by Crippen LogP contribution is 2.40. The highest BCUT2D eigenvalue weighted by Gasteiger charge is 2.17. The van der Waals surface area contributed by atoms with Crippen LogP contribution in [0.4, 0.5) is 0 Å². The fourth-order valence-corrected chi connectivity index (χ4v) is 4.96. The molecule has 0 atom stereocenters. The van der Waals surface area contributed by atoms with E-state index < -0.39 is 0 Å². The molecular formula is C30H23N. The lowest BCUT2D eigenvalue weighted by molar-refractivity contribution is 1.18. The summed E-state index contributed by atoms with van der Waals surface area (Å²) in [6.07, 6.45) is 0. The summed E-state index contributed by atoms with van der Waals surface area (Å²) in [5.74, 6) is 0. The zero-order chi connectivity index (χ0) is 20.9. The van der Waals surface area contributed by atoms with E-state index in [1.54, 1.807) is 0 Å². The average Bonchev–Trinajstić information content (AvgIpc) is 3.13. The molecule has 0 saturated carbocycles. The SMILES string of the molecule is Cc1ccccc1-c1cc2c(cc1C)c1c3ccccc3ccc1n2-c1ccccc1. The van der Waals surface area contributed by atoms with Gasteiger partial charge in [0.05, 0.1) is 11.0 Å². The highest BCUT2D eigenvalue weighted by molar-refractivity contribution is 6.21. The quantitative estimate of drug-likeness (QED) is 0.277. The van der Waals surface area contributed by atoms with E-state index in [9.17, 15) is 0 Å². The predicted octanol–water partition coefficient (Wildman–Crippen LogP) is 8.22. The maximum Gasteiger partial charge on any atom is 0.0547 e. The number of benzene rings is 5. The van der Waals surface area contributed by atoms with E-state index in [4.69, 9.17) is 0 Å². The molecule has 0 spiro atoms. The molecule has 0 aliphatic heterocycles. The lowest BCUT2D eigenvalue weighted by atomic mass is 9.94. The number of aryl methyl sites for hydroxylation is 2. The third kappa shape index (κ3) is 2.70. The van der Waals surface area contributed by atoms with Crippen LogP contribution >= 0.6 is 0 Å². The zero-order valence-electron chi connectivity index (χ0n) is 17.8. The number of rotatable bonds is 2. The Morgan fingerprint density at radius 2 is 1.26 bits per heavy atom. The van der Waals surface area contributed by atoms with Crippen LogP contribution in [0.3, 0.4) is 0 Å². The molecule has 1 aromatic heterocycles. The Balaban J connectivity index is 1.82. The molecule has 6 rings (SSSR count). The Morgan fingerprint density at radius 3 is 2.10 bits per heavy atom. The monoisotopic (exact) mass is 397 g/mol. The van der Waals surface area contributed by atoms with Crippen LogP contribution < -0.4 is 0 Å². The molecule has 0 bridgehead atoms. The van der Waals surface area contributed by atoms with E-state index in [1.807, 2.05) is 0 Å². The van der Waals surface area contributed by atoms with Crippen molar-refractivity contribution in [3.8, 4) is 16.8 Å². The van der Waals surface area contributed by atoms with E-state index in [0.29, 0.717) is 0 Å². The number of para-hydroxylation sites is 1. The topological polar surface area (TPSA) is 4.93 Å². The fourth-order valence-electron chi connectivity index (χ4n) is 4.96. The van der Waals surface area contributed by atoms with Gasteiger partial charge >= 0.3 is 0 Å². The molecule has 0 saturated heterocycles. The number of fused-ring (bicyclic) bond motifs is 5. The highest BCUT2D eigenvalue weighted by atomic mass is 15.0. The molecule has 1 heterocycles. The van der Waals surface area contributed by atoms with Crippen molar-refractivity contribution in [1.82, 2.24) is 4.57 Å². The van der Waals surface area contributed by atoms with Gasteiger partial charge in [0.15, 0.2) is 0 Å². The van der Waals surface area contributed by atoms with Gasteiger partial charge in [0.25, 0.3) is 0 Å². The van der Waals surface area contributed by atoms with Gasteiger partial charge in [-0.15, -0.1) is 0 Å². The van der Waals surface area contributed by atoms with Gasteiger partial charge in [0.2, 0.25) is 0 Å². The summed E-state index contributed by atoms with van der Waals surface area (Å²) in [5, 5.41) is 5.23. The van der Waals surface area contributed by atoms with Gasteiger partial charge in [-0.25, -0.2) is 0 Å². The molecule has 1 nitrogen and oxygen atoms in total. The molecular weight excluding hydrogens is 374 g/mol. The van der Waals surface area contributed by atoms with Crippen molar-refractivity contribution < 1.29 is 0 Å². The zero-order valence-corrected chi connectivity index (χ0v) is 17.8. The Bertz CT molecular complexity index is 1590. The summed E-state index contributed by atoms with van der Waals surface area (Å²) in [4.78, 5) is 0. The van der Waals surface area contributed by atoms with Crippen molar-refractivity contribution in [1.29, 1.82) is 0 Å². The van der Waals surface area contributed by atoms with Crippen LogP contribution in [-0.2, 0) is 0 Å². The van der Waals surface area contributed by atoms with Gasteiger partial charge in [-0.05, 0) is 77.2 Å². The van der Waals surface area contributed by atoms with Gasteiger partial charge in [-0.3, -0.25) is 0 Å². The Morgan fingerprint density at radius 1 is 0.516 bits per heavy atom. The van der Waals surface area contributed by atoms with Crippen LogP contribution in [0.1, 0.15) is 11.1 Å². The molecule has 0 aliphatic rings. The first kappa shape index (κ1) is 18.0. The normalized spacial score (nSPS) is 11.5. The molecule has 31 heavy (non-hydrogen) atoms. The van der Waals surface area contributed by atoms with Crippen molar-refractivity contribution >= 4 is 32.6 Å². The van der Waals surface area contributed by atoms with Crippen molar-refractivity contribution in [2.75, 3.05) is 0 Å². The van der Waals surface area contributed by atoms with E-state index in [0.717, 1.165) is 0 Å². The Labute approximate surface area is 182 Å². The third-order valence-corrected chi connectivity index (χ3v) is 6.45. The molecule has 0 N–H and O–H groups in total. The van der Waals surface area contributed by atoms with E-state index in [2.05, 4.69) is 122 Å². The molecule has 0 unspecified atom stereocenters. The van der Waals surface area contributed by atoms with Crippen LogP contribution in [0, 0.1) is 13.8 Å². The van der Waals surface area contributed by atoms with Gasteiger partial charge in [-0.2, -0.15) is 0 Å². The van der Waals surface area contributed by atoms with Crippen molar-refractivity contribution in [2.45, 2.75) is 13.8 Å². The summed E-state index contributed by atoms with van der Waals surface area (Å²) in [7, 11) is 0. The summed E-state index contributed by atoms with van der Waals surface area (Å²) >= 11 is 0. The molecule has 5 aromatic carbocycles. The van der Waals surface area contributed by atoms with Gasteiger partial charge < -0.3 is 4.57 Å². The standard InChI is InChI=1S/C30H23N/c1-20-10-6-8-14-24(20)26-19-29-27(18-21(26)2)30-25-15-9-7-11-22(25)16-17-28(30)31(29)23-12-4-3-5-13-23/h3-19H,1-2H3. The van der Waals surface area contributed by atoms with Crippen molar-refractivity contribution in [3.63, 3.8) is 0 Å². The van der Waals surface area contributed by atoms with Crippen LogP contribution in [0.2, 0.25) is 0 Å². The van der Waals surface area contributed by atoms with Crippen LogP contribution in [0.25, 0.3) is 49.4 Å². The van der Waals surface area contributed by atoms with Crippen molar-refractivity contribution in [2.24, 2.45) is 0 Å². The van der Waals surface area contributed by atoms with Gasteiger partial charge in [0, 0.05) is 16.5 Å². The first-order valence-corrected chi connectivity index (χ1v) is 10.8. The molecule has 148 valence electrons.